The van der Waals surface area contributed by atoms with Crippen molar-refractivity contribution in [2.24, 2.45) is 5.92 Å². The molecule has 4 rings (SSSR count). The molecule has 0 bridgehead atoms. The van der Waals surface area contributed by atoms with Gasteiger partial charge in [0.2, 0.25) is 0 Å². The summed E-state index contributed by atoms with van der Waals surface area (Å²) in [5.74, 6) is 0.105. The van der Waals surface area contributed by atoms with Crippen LogP contribution in [0.25, 0.3) is 10.8 Å². The number of hydrogen-bond acceptors (Lipinski definition) is 5. The molecule has 0 atom stereocenters. The first-order chi connectivity index (χ1) is 14.5. The van der Waals surface area contributed by atoms with Crippen LogP contribution in [-0.2, 0) is 6.54 Å². The van der Waals surface area contributed by atoms with E-state index in [9.17, 15) is 14.4 Å². The summed E-state index contributed by atoms with van der Waals surface area (Å²) >= 11 is 0. The number of carbonyl (C=O) groups is 2. The van der Waals surface area contributed by atoms with Crippen molar-refractivity contribution < 1.29 is 14.0 Å². The molecule has 0 unspecified atom stereocenters. The van der Waals surface area contributed by atoms with Crippen LogP contribution in [0.5, 0.6) is 0 Å². The van der Waals surface area contributed by atoms with E-state index in [1.54, 1.807) is 46.2 Å². The lowest BCUT2D eigenvalue weighted by Gasteiger charge is -2.34. The number of aromatic nitrogens is 2. The molecule has 1 saturated heterocycles. The number of rotatable bonds is 4. The zero-order chi connectivity index (χ0) is 21.3. The summed E-state index contributed by atoms with van der Waals surface area (Å²) in [6.07, 6.45) is 1.47. The van der Waals surface area contributed by atoms with Crippen LogP contribution in [0.3, 0.4) is 0 Å². The first-order valence-corrected chi connectivity index (χ1v) is 10.1. The van der Waals surface area contributed by atoms with Crippen LogP contribution < -0.4 is 5.56 Å². The molecular weight excluding hydrogens is 384 g/mol. The van der Waals surface area contributed by atoms with Gasteiger partial charge in [0.05, 0.1) is 11.6 Å². The highest BCUT2D eigenvalue weighted by atomic mass is 16.3. The summed E-state index contributed by atoms with van der Waals surface area (Å²) in [7, 11) is 0. The van der Waals surface area contributed by atoms with E-state index < -0.39 is 0 Å². The van der Waals surface area contributed by atoms with E-state index >= 15 is 0 Å². The van der Waals surface area contributed by atoms with Crippen molar-refractivity contribution in [3.05, 3.63) is 64.5 Å². The van der Waals surface area contributed by atoms with Gasteiger partial charge in [0.25, 0.3) is 17.4 Å². The molecule has 156 valence electrons. The quantitative estimate of drug-likeness (QED) is 0.661. The van der Waals surface area contributed by atoms with Gasteiger partial charge in [-0.1, -0.05) is 32.0 Å². The summed E-state index contributed by atoms with van der Waals surface area (Å²) in [5.41, 5.74) is 0.0846. The molecule has 2 aromatic heterocycles. The predicted octanol–water partition coefficient (Wildman–Crippen LogP) is 2.24. The maximum atomic E-state index is 13.3. The van der Waals surface area contributed by atoms with Gasteiger partial charge >= 0.3 is 0 Å². The van der Waals surface area contributed by atoms with E-state index in [-0.39, 0.29) is 29.0 Å². The van der Waals surface area contributed by atoms with Gasteiger partial charge in [-0.05, 0) is 24.1 Å². The first-order valence-electron chi connectivity index (χ1n) is 10.1. The third kappa shape index (κ3) is 3.72. The minimum Gasteiger partial charge on any atom is -0.459 e. The molecule has 0 aliphatic carbocycles. The minimum atomic E-state index is -0.228. The second-order valence-corrected chi connectivity index (χ2v) is 7.84. The first kappa shape index (κ1) is 19.9. The molecule has 1 fully saturated rings. The topological polar surface area (TPSA) is 88.7 Å². The second kappa shape index (κ2) is 8.14. The Morgan fingerprint density at radius 3 is 2.20 bits per heavy atom. The lowest BCUT2D eigenvalue weighted by atomic mass is 10.1. The molecule has 1 aromatic carbocycles. The third-order valence-corrected chi connectivity index (χ3v) is 5.19. The van der Waals surface area contributed by atoms with E-state index in [0.29, 0.717) is 49.3 Å². The number of fused-ring (bicyclic) bond motifs is 1. The zero-order valence-corrected chi connectivity index (χ0v) is 17.1. The Morgan fingerprint density at radius 1 is 0.967 bits per heavy atom. The average molecular weight is 408 g/mol. The highest BCUT2D eigenvalue weighted by Crippen LogP contribution is 2.17. The van der Waals surface area contributed by atoms with Gasteiger partial charge in [-0.3, -0.25) is 14.4 Å². The van der Waals surface area contributed by atoms with Gasteiger partial charge in [0.15, 0.2) is 11.5 Å². The summed E-state index contributed by atoms with van der Waals surface area (Å²) in [6, 6.07) is 10.4. The standard InChI is InChI=1S/C22H24N4O4/c1-15(2)14-26-20(27)17-7-4-3-6-16(17)19(23-26)22(29)25-11-9-24(10-12-25)21(28)18-8-5-13-30-18/h3-8,13,15H,9-12,14H2,1-2H3. The number of nitrogens with zero attached hydrogens (tertiary/aromatic N) is 4. The number of amides is 2. The molecule has 0 saturated carbocycles. The highest BCUT2D eigenvalue weighted by molar-refractivity contribution is 6.04. The fourth-order valence-corrected chi connectivity index (χ4v) is 3.68. The van der Waals surface area contributed by atoms with Crippen molar-refractivity contribution in [2.45, 2.75) is 20.4 Å². The van der Waals surface area contributed by atoms with E-state index in [1.807, 2.05) is 13.8 Å². The Balaban J connectivity index is 1.58. The summed E-state index contributed by atoms with van der Waals surface area (Å²) in [5, 5.41) is 5.47. The number of piperazine rings is 1. The van der Waals surface area contributed by atoms with Crippen molar-refractivity contribution in [3.8, 4) is 0 Å². The van der Waals surface area contributed by atoms with Gasteiger partial charge in [0.1, 0.15) is 0 Å². The van der Waals surface area contributed by atoms with Crippen LogP contribution in [0.4, 0.5) is 0 Å². The van der Waals surface area contributed by atoms with E-state index in [2.05, 4.69) is 5.10 Å². The van der Waals surface area contributed by atoms with Crippen molar-refractivity contribution in [1.29, 1.82) is 0 Å². The van der Waals surface area contributed by atoms with Crippen molar-refractivity contribution in [3.63, 3.8) is 0 Å². The third-order valence-electron chi connectivity index (χ3n) is 5.19. The normalized spacial score (nSPS) is 14.5. The number of carbonyl (C=O) groups excluding carboxylic acids is 2. The summed E-state index contributed by atoms with van der Waals surface area (Å²) in [4.78, 5) is 41.9. The lowest BCUT2D eigenvalue weighted by Crippen LogP contribution is -2.51. The Morgan fingerprint density at radius 2 is 1.60 bits per heavy atom. The smallest absolute Gasteiger partial charge is 0.289 e. The summed E-state index contributed by atoms with van der Waals surface area (Å²) in [6.45, 7) is 6.05. The van der Waals surface area contributed by atoms with Crippen molar-refractivity contribution in [1.82, 2.24) is 19.6 Å². The van der Waals surface area contributed by atoms with Crippen LogP contribution in [0.1, 0.15) is 34.9 Å². The number of hydrogen-bond donors (Lipinski definition) is 0. The molecule has 0 spiro atoms. The van der Waals surface area contributed by atoms with Gasteiger partial charge < -0.3 is 14.2 Å². The molecule has 8 heteroatoms. The molecule has 30 heavy (non-hydrogen) atoms. The van der Waals surface area contributed by atoms with Gasteiger partial charge in [-0.15, -0.1) is 0 Å². The molecule has 0 radical (unpaired) electrons. The zero-order valence-electron chi connectivity index (χ0n) is 17.1. The second-order valence-electron chi connectivity index (χ2n) is 7.84. The maximum Gasteiger partial charge on any atom is 0.289 e. The van der Waals surface area contributed by atoms with Gasteiger partial charge in [0, 0.05) is 38.1 Å². The van der Waals surface area contributed by atoms with Crippen LogP contribution in [-0.4, -0.2) is 57.6 Å². The molecular formula is C22H24N4O4. The van der Waals surface area contributed by atoms with Crippen molar-refractivity contribution in [2.75, 3.05) is 26.2 Å². The highest BCUT2D eigenvalue weighted by Gasteiger charge is 2.28. The molecule has 3 aromatic rings. The van der Waals surface area contributed by atoms with Crippen LogP contribution >= 0.6 is 0 Å². The van der Waals surface area contributed by atoms with Gasteiger partial charge in [-0.2, -0.15) is 5.10 Å². The van der Waals surface area contributed by atoms with Crippen LogP contribution in [0, 0.1) is 5.92 Å². The molecule has 3 heterocycles. The largest absolute Gasteiger partial charge is 0.459 e. The van der Waals surface area contributed by atoms with E-state index in [1.165, 1.54) is 10.9 Å². The molecule has 0 N–H and O–H groups in total. The molecule has 1 aliphatic rings. The fraction of sp³-hybridized carbons (Fsp3) is 0.364. The van der Waals surface area contributed by atoms with Crippen molar-refractivity contribution >= 4 is 22.6 Å². The Labute approximate surface area is 173 Å². The minimum absolute atomic E-state index is 0.179. The molecule has 2 amide bonds. The monoisotopic (exact) mass is 408 g/mol. The number of furan rings is 1. The van der Waals surface area contributed by atoms with Crippen LogP contribution in [0.15, 0.2) is 51.9 Å². The van der Waals surface area contributed by atoms with E-state index in [4.69, 9.17) is 4.42 Å². The summed E-state index contributed by atoms with van der Waals surface area (Å²) < 4.78 is 6.57. The Kier molecular flexibility index (Phi) is 5.39. The fourth-order valence-electron chi connectivity index (χ4n) is 3.68. The SMILES string of the molecule is CC(C)Cn1nc(C(=O)N2CCN(C(=O)c3ccco3)CC2)c2ccccc2c1=O. The molecule has 8 nitrogen and oxygen atoms in total. The van der Waals surface area contributed by atoms with Gasteiger partial charge in [-0.25, -0.2) is 4.68 Å². The van der Waals surface area contributed by atoms with E-state index in [0.717, 1.165) is 0 Å². The Bertz CT molecular complexity index is 1130. The average Bonchev–Trinajstić information content (AvgIpc) is 3.29. The maximum absolute atomic E-state index is 13.3. The lowest BCUT2D eigenvalue weighted by molar-refractivity contribution is 0.0515. The number of benzene rings is 1. The van der Waals surface area contributed by atoms with Crippen LogP contribution in [0.2, 0.25) is 0 Å². The molecule has 1 aliphatic heterocycles. The Hall–Kier alpha value is -3.42. The predicted molar refractivity (Wildman–Crippen MR) is 111 cm³/mol.